The molecule has 0 aliphatic carbocycles. The zero-order valence-electron chi connectivity index (χ0n) is 13.3. The molecule has 0 heterocycles. The molecule has 1 unspecified atom stereocenters. The lowest BCUT2D eigenvalue weighted by molar-refractivity contribution is -0.138. The maximum absolute atomic E-state index is 11.6. The Balaban J connectivity index is 3.96. The van der Waals surface area contributed by atoms with E-state index in [4.69, 9.17) is 8.85 Å². The Hall–Kier alpha value is -0.626. The van der Waals surface area contributed by atoms with Gasteiger partial charge in [0.05, 0.1) is 0 Å². The maximum atomic E-state index is 11.6. The zero-order valence-corrected chi connectivity index (χ0v) is 15.3. The summed E-state index contributed by atoms with van der Waals surface area (Å²) in [5, 5.41) is 0. The van der Waals surface area contributed by atoms with E-state index in [1.807, 2.05) is 46.2 Å². The fourth-order valence-corrected chi connectivity index (χ4v) is 3.08. The second-order valence-electron chi connectivity index (χ2n) is 7.02. The molecule has 0 fully saturated rings. The number of carbonyl (C=O) groups is 2. The third-order valence-electron chi connectivity index (χ3n) is 2.20. The Labute approximate surface area is 119 Å². The first kappa shape index (κ1) is 18.4. The molecular formula is C13H28O4Si2. The van der Waals surface area contributed by atoms with Crippen molar-refractivity contribution in [2.24, 2.45) is 5.92 Å². The van der Waals surface area contributed by atoms with Crippen molar-refractivity contribution >= 4 is 28.6 Å². The number of hydrogen-bond donors (Lipinski definition) is 0. The van der Waals surface area contributed by atoms with Crippen molar-refractivity contribution in [1.82, 2.24) is 0 Å². The summed E-state index contributed by atoms with van der Waals surface area (Å²) in [6.45, 7) is 13.9. The monoisotopic (exact) mass is 304 g/mol. The van der Waals surface area contributed by atoms with E-state index in [0.717, 1.165) is 0 Å². The molecule has 0 aliphatic rings. The van der Waals surface area contributed by atoms with Crippen molar-refractivity contribution in [2.75, 3.05) is 0 Å². The van der Waals surface area contributed by atoms with Crippen molar-refractivity contribution in [3.8, 4) is 0 Å². The van der Waals surface area contributed by atoms with E-state index < -0.39 is 16.6 Å². The van der Waals surface area contributed by atoms with E-state index in [-0.39, 0.29) is 17.9 Å². The second-order valence-corrected chi connectivity index (χ2v) is 15.9. The van der Waals surface area contributed by atoms with Crippen LogP contribution in [0.5, 0.6) is 0 Å². The summed E-state index contributed by atoms with van der Waals surface area (Å²) in [5.74, 6) is -0.146. The highest BCUT2D eigenvalue weighted by molar-refractivity contribution is 6.71. The van der Waals surface area contributed by atoms with Crippen LogP contribution >= 0.6 is 0 Å². The molecule has 0 saturated carbocycles. The van der Waals surface area contributed by atoms with Crippen LogP contribution < -0.4 is 0 Å². The first-order chi connectivity index (χ1) is 8.39. The van der Waals surface area contributed by atoms with Crippen molar-refractivity contribution < 1.29 is 18.4 Å². The predicted octanol–water partition coefficient (Wildman–Crippen LogP) is 3.55. The molecule has 0 aliphatic heterocycles. The second kappa shape index (κ2) is 7.23. The molecule has 0 rings (SSSR count). The van der Waals surface area contributed by atoms with Gasteiger partial charge in [-0.05, 0) is 51.6 Å². The van der Waals surface area contributed by atoms with Gasteiger partial charge in [0.1, 0.15) is 0 Å². The van der Waals surface area contributed by atoms with Crippen LogP contribution in [0.3, 0.4) is 0 Å². The fourth-order valence-electron chi connectivity index (χ4n) is 1.53. The van der Waals surface area contributed by atoms with Gasteiger partial charge in [0, 0.05) is 12.8 Å². The summed E-state index contributed by atoms with van der Waals surface area (Å²) in [7, 11) is -3.59. The topological polar surface area (TPSA) is 52.6 Å². The normalized spacial score (nSPS) is 13.8. The highest BCUT2D eigenvalue weighted by Gasteiger charge is 2.23. The Morgan fingerprint density at radius 2 is 1.32 bits per heavy atom. The SMILES string of the molecule is CC(CCC(=O)O[Si](C)(C)C)CC(=O)O[Si](C)(C)C. The zero-order chi connectivity index (χ0) is 15.3. The minimum Gasteiger partial charge on any atom is -0.520 e. The molecule has 0 amide bonds. The van der Waals surface area contributed by atoms with Crippen molar-refractivity contribution in [2.45, 2.75) is 65.5 Å². The molecule has 6 heteroatoms. The summed E-state index contributed by atoms with van der Waals surface area (Å²) in [6, 6.07) is 0. The number of rotatable bonds is 7. The summed E-state index contributed by atoms with van der Waals surface area (Å²) < 4.78 is 10.8. The quantitative estimate of drug-likeness (QED) is 0.675. The number of hydrogen-bond acceptors (Lipinski definition) is 4. The van der Waals surface area contributed by atoms with Crippen LogP contribution in [0.15, 0.2) is 0 Å². The van der Waals surface area contributed by atoms with Crippen molar-refractivity contribution in [1.29, 1.82) is 0 Å². The van der Waals surface area contributed by atoms with Crippen molar-refractivity contribution in [3.05, 3.63) is 0 Å². The molecule has 19 heavy (non-hydrogen) atoms. The Morgan fingerprint density at radius 3 is 1.74 bits per heavy atom. The van der Waals surface area contributed by atoms with Crippen LogP contribution in [0.25, 0.3) is 0 Å². The highest BCUT2D eigenvalue weighted by Crippen LogP contribution is 2.15. The van der Waals surface area contributed by atoms with Crippen molar-refractivity contribution in [3.63, 3.8) is 0 Å². The van der Waals surface area contributed by atoms with E-state index in [1.165, 1.54) is 0 Å². The summed E-state index contributed by atoms with van der Waals surface area (Å²) in [4.78, 5) is 23.2. The van der Waals surface area contributed by atoms with Gasteiger partial charge < -0.3 is 8.85 Å². The summed E-state index contributed by atoms with van der Waals surface area (Å²) >= 11 is 0. The van der Waals surface area contributed by atoms with E-state index >= 15 is 0 Å². The smallest absolute Gasteiger partial charge is 0.292 e. The van der Waals surface area contributed by atoms with E-state index in [9.17, 15) is 9.59 Å². The average molecular weight is 305 g/mol. The average Bonchev–Trinajstić information content (AvgIpc) is 2.08. The van der Waals surface area contributed by atoms with Crippen LogP contribution in [0, 0.1) is 5.92 Å². The molecule has 112 valence electrons. The molecule has 4 nitrogen and oxygen atoms in total. The molecule has 0 radical (unpaired) electrons. The first-order valence-electron chi connectivity index (χ1n) is 6.83. The highest BCUT2D eigenvalue weighted by atomic mass is 28.4. The van der Waals surface area contributed by atoms with Gasteiger partial charge in [0.25, 0.3) is 11.9 Å². The van der Waals surface area contributed by atoms with Gasteiger partial charge >= 0.3 is 0 Å². The molecule has 0 aromatic carbocycles. The van der Waals surface area contributed by atoms with E-state index in [0.29, 0.717) is 19.3 Å². The molecule has 0 N–H and O–H groups in total. The molecule has 0 bridgehead atoms. The summed E-state index contributed by atoms with van der Waals surface area (Å²) in [6.07, 6.45) is 1.43. The minimum absolute atomic E-state index is 0.148. The van der Waals surface area contributed by atoms with E-state index in [2.05, 4.69) is 0 Å². The standard InChI is InChI=1S/C13H28O4Si2/c1-11(10-13(15)17-19(5,6)7)8-9-12(14)16-18(2,3)4/h11H,8-10H2,1-7H3. The van der Waals surface area contributed by atoms with Gasteiger partial charge in [0.2, 0.25) is 16.6 Å². The van der Waals surface area contributed by atoms with Gasteiger partial charge in [-0.15, -0.1) is 0 Å². The van der Waals surface area contributed by atoms with Gasteiger partial charge in [-0.2, -0.15) is 0 Å². The summed E-state index contributed by atoms with van der Waals surface area (Å²) in [5.41, 5.74) is 0. The lowest BCUT2D eigenvalue weighted by atomic mass is 10.0. The van der Waals surface area contributed by atoms with Crippen LogP contribution in [0.4, 0.5) is 0 Å². The fraction of sp³-hybridized carbons (Fsp3) is 0.846. The lowest BCUT2D eigenvalue weighted by Crippen LogP contribution is -2.30. The third kappa shape index (κ3) is 12.2. The first-order valence-corrected chi connectivity index (χ1v) is 13.6. The molecular weight excluding hydrogens is 276 g/mol. The lowest BCUT2D eigenvalue weighted by Gasteiger charge is -2.20. The Morgan fingerprint density at radius 1 is 0.895 bits per heavy atom. The van der Waals surface area contributed by atoms with Crippen LogP contribution in [0.1, 0.15) is 26.2 Å². The number of carbonyl (C=O) groups excluding carboxylic acids is 2. The van der Waals surface area contributed by atoms with Gasteiger partial charge in [-0.3, -0.25) is 9.59 Å². The van der Waals surface area contributed by atoms with Crippen LogP contribution in [-0.2, 0) is 18.4 Å². The minimum atomic E-state index is -1.80. The van der Waals surface area contributed by atoms with E-state index in [1.54, 1.807) is 0 Å². The Kier molecular flexibility index (Phi) is 7.00. The van der Waals surface area contributed by atoms with Gasteiger partial charge in [0.15, 0.2) is 0 Å². The molecule has 0 aromatic rings. The molecule has 0 spiro atoms. The van der Waals surface area contributed by atoms with Gasteiger partial charge in [-0.25, -0.2) is 0 Å². The predicted molar refractivity (Wildman–Crippen MR) is 81.9 cm³/mol. The van der Waals surface area contributed by atoms with Crippen LogP contribution in [-0.4, -0.2) is 28.6 Å². The maximum Gasteiger partial charge on any atom is 0.292 e. The molecule has 0 aromatic heterocycles. The Bertz CT molecular complexity index is 316. The molecule has 1 atom stereocenters. The van der Waals surface area contributed by atoms with Gasteiger partial charge in [-0.1, -0.05) is 6.92 Å². The third-order valence-corrected chi connectivity index (χ3v) is 3.88. The largest absolute Gasteiger partial charge is 0.520 e. The molecule has 0 saturated heterocycles. The van der Waals surface area contributed by atoms with Crippen LogP contribution in [0.2, 0.25) is 39.3 Å².